The quantitative estimate of drug-likeness (QED) is 0.409. The lowest BCUT2D eigenvalue weighted by Gasteiger charge is -2.71. The molecule has 3 rings (SSSR count). The summed E-state index contributed by atoms with van der Waals surface area (Å²) in [5, 5.41) is 24.0. The van der Waals surface area contributed by atoms with Crippen LogP contribution >= 0.6 is 0 Å². The summed E-state index contributed by atoms with van der Waals surface area (Å²) in [5.74, 6) is -2.43. The van der Waals surface area contributed by atoms with Crippen molar-refractivity contribution in [3.63, 3.8) is 0 Å². The highest BCUT2D eigenvalue weighted by Crippen LogP contribution is 2.67. The molecule has 0 aromatic heterocycles. The normalized spacial score (nSPS) is 43.8. The number of Topliss-reactive ketones (excluding diaryl/α,β-unsaturated/α-hetero) is 1. The molecule has 1 saturated heterocycles. The number of esters is 2. The summed E-state index contributed by atoms with van der Waals surface area (Å²) in [5.41, 5.74) is -7.31. The summed E-state index contributed by atoms with van der Waals surface area (Å²) in [6.45, 7) is 14.2. The molecule has 9 nitrogen and oxygen atoms in total. The van der Waals surface area contributed by atoms with E-state index in [4.69, 9.17) is 14.2 Å². The molecule has 2 saturated carbocycles. The van der Waals surface area contributed by atoms with Crippen LogP contribution in [0.5, 0.6) is 0 Å². The van der Waals surface area contributed by atoms with E-state index in [1.807, 2.05) is 32.8 Å². The topological polar surface area (TPSA) is 123 Å². The number of aliphatic hydroxyl groups is 2. The molecule has 0 radical (unpaired) electrons. The van der Waals surface area contributed by atoms with Gasteiger partial charge in [0, 0.05) is 31.2 Å². The second-order valence-corrected chi connectivity index (χ2v) is 12.4. The summed E-state index contributed by atoms with van der Waals surface area (Å²) in [6, 6.07) is 0. The van der Waals surface area contributed by atoms with E-state index in [-0.39, 0.29) is 12.8 Å². The van der Waals surface area contributed by atoms with Gasteiger partial charge in [-0.25, -0.2) is 0 Å². The number of rotatable bonds is 6. The zero-order chi connectivity index (χ0) is 27.5. The zero-order valence-electron chi connectivity index (χ0n) is 22.9. The Morgan fingerprint density at radius 2 is 1.81 bits per heavy atom. The number of fused-ring (bicyclic) bond motifs is 3. The van der Waals surface area contributed by atoms with Crippen LogP contribution in [0, 0.1) is 16.7 Å². The molecule has 0 bridgehead atoms. The minimum absolute atomic E-state index is 0.0911. The maximum absolute atomic E-state index is 13.9. The second-order valence-electron chi connectivity index (χ2n) is 12.4. The van der Waals surface area contributed by atoms with Gasteiger partial charge < -0.3 is 29.3 Å². The molecule has 3 aliphatic rings. The fraction of sp³-hybridized carbons (Fsp3) is 0.815. The van der Waals surface area contributed by atoms with Gasteiger partial charge in [0.25, 0.3) is 0 Å². The molecule has 8 atom stereocenters. The predicted molar refractivity (Wildman–Crippen MR) is 132 cm³/mol. The molecule has 9 heteroatoms. The Bertz CT molecular complexity index is 933. The van der Waals surface area contributed by atoms with E-state index < -0.39 is 69.6 Å². The number of hydrogen-bond donors (Lipinski definition) is 2. The minimum Gasteiger partial charge on any atom is -0.458 e. The van der Waals surface area contributed by atoms with Crippen molar-refractivity contribution in [2.24, 2.45) is 16.7 Å². The molecule has 3 fully saturated rings. The first-order valence-corrected chi connectivity index (χ1v) is 12.7. The molecule has 1 heterocycles. The van der Waals surface area contributed by atoms with Crippen molar-refractivity contribution in [1.82, 2.24) is 4.90 Å². The fourth-order valence-electron chi connectivity index (χ4n) is 7.27. The van der Waals surface area contributed by atoms with E-state index in [0.717, 1.165) is 0 Å². The molecule has 0 aromatic carbocycles. The van der Waals surface area contributed by atoms with Crippen LogP contribution < -0.4 is 0 Å². The van der Waals surface area contributed by atoms with E-state index in [9.17, 15) is 24.6 Å². The zero-order valence-corrected chi connectivity index (χ0v) is 22.9. The van der Waals surface area contributed by atoms with Crippen LogP contribution in [-0.2, 0) is 28.6 Å². The number of nitrogens with zero attached hydrogens (tertiary/aromatic N) is 1. The summed E-state index contributed by atoms with van der Waals surface area (Å²) in [7, 11) is 3.68. The van der Waals surface area contributed by atoms with Crippen molar-refractivity contribution >= 4 is 17.7 Å². The fourth-order valence-corrected chi connectivity index (χ4v) is 7.27. The van der Waals surface area contributed by atoms with Crippen LogP contribution in [0.4, 0.5) is 0 Å². The number of ketones is 1. The van der Waals surface area contributed by atoms with Gasteiger partial charge in [0.05, 0.1) is 18.1 Å². The molecular formula is C27H43NO8. The monoisotopic (exact) mass is 509 g/mol. The van der Waals surface area contributed by atoms with E-state index >= 15 is 0 Å². The van der Waals surface area contributed by atoms with Gasteiger partial charge in [-0.15, -0.1) is 6.58 Å². The predicted octanol–water partition coefficient (Wildman–Crippen LogP) is 2.02. The third-order valence-corrected chi connectivity index (χ3v) is 9.03. The number of aliphatic hydroxyl groups excluding tert-OH is 1. The van der Waals surface area contributed by atoms with Gasteiger partial charge in [0.15, 0.2) is 17.5 Å². The highest BCUT2D eigenvalue weighted by atomic mass is 16.6. The van der Waals surface area contributed by atoms with E-state index in [1.54, 1.807) is 13.8 Å². The summed E-state index contributed by atoms with van der Waals surface area (Å²) >= 11 is 0. The molecule has 0 aromatic rings. The number of carbonyl (C=O) groups excluding carboxylic acids is 3. The molecule has 0 unspecified atom stereocenters. The van der Waals surface area contributed by atoms with Crippen LogP contribution in [0.15, 0.2) is 12.7 Å². The third-order valence-electron chi connectivity index (χ3n) is 9.03. The van der Waals surface area contributed by atoms with Gasteiger partial charge in [-0.3, -0.25) is 14.4 Å². The Morgan fingerprint density at radius 3 is 2.33 bits per heavy atom. The van der Waals surface area contributed by atoms with Crippen molar-refractivity contribution < 1.29 is 38.8 Å². The van der Waals surface area contributed by atoms with E-state index in [2.05, 4.69) is 6.58 Å². The average molecular weight is 510 g/mol. The second kappa shape index (κ2) is 9.19. The smallest absolute Gasteiger partial charge is 0.307 e. The Labute approximate surface area is 214 Å². The van der Waals surface area contributed by atoms with Crippen LogP contribution in [-0.4, -0.2) is 88.6 Å². The Hall–Kier alpha value is -1.81. The summed E-state index contributed by atoms with van der Waals surface area (Å²) < 4.78 is 18.4. The molecule has 0 spiro atoms. The third kappa shape index (κ3) is 4.12. The lowest BCUT2D eigenvalue weighted by atomic mass is 9.39. The van der Waals surface area contributed by atoms with Gasteiger partial charge in [-0.2, -0.15) is 0 Å². The van der Waals surface area contributed by atoms with E-state index in [1.165, 1.54) is 19.9 Å². The maximum Gasteiger partial charge on any atom is 0.307 e. The highest BCUT2D eigenvalue weighted by molar-refractivity contribution is 5.92. The lowest BCUT2D eigenvalue weighted by Crippen LogP contribution is -2.87. The van der Waals surface area contributed by atoms with Gasteiger partial charge in [-0.1, -0.05) is 26.8 Å². The van der Waals surface area contributed by atoms with Crippen molar-refractivity contribution in [2.75, 3.05) is 20.6 Å². The lowest BCUT2D eigenvalue weighted by molar-refractivity contribution is -0.371. The molecular weight excluding hydrogens is 466 g/mol. The molecule has 1 aliphatic heterocycles. The SMILES string of the molecule is C=C[C@@]1(C)CC(=O)[C@@]2(O)[C@]3(C)[C@@H](O)CCC(C)(C)[C@@H]3[C@H](OC(=O)CCN(C)C)[C@H](OC(C)=O)[C@@]2(C)O1. The van der Waals surface area contributed by atoms with Gasteiger partial charge in [0.2, 0.25) is 0 Å². The molecule has 2 N–H and O–H groups in total. The molecule has 36 heavy (non-hydrogen) atoms. The molecule has 0 amide bonds. The van der Waals surface area contributed by atoms with Gasteiger partial charge in [0.1, 0.15) is 11.7 Å². The van der Waals surface area contributed by atoms with Crippen molar-refractivity contribution in [3.05, 3.63) is 12.7 Å². The van der Waals surface area contributed by atoms with Gasteiger partial charge >= 0.3 is 11.9 Å². The van der Waals surface area contributed by atoms with Crippen LogP contribution in [0.3, 0.4) is 0 Å². The summed E-state index contributed by atoms with van der Waals surface area (Å²) in [6.07, 6.45) is -1.19. The number of hydrogen-bond acceptors (Lipinski definition) is 9. The minimum atomic E-state index is -2.24. The van der Waals surface area contributed by atoms with Crippen LogP contribution in [0.1, 0.15) is 67.2 Å². The maximum atomic E-state index is 13.9. The highest BCUT2D eigenvalue weighted by Gasteiger charge is 2.82. The standard InChI is InChI=1S/C27H43NO8/c1-10-24(5)15-18(31)27(33)25(6)17(30)11-13-23(3,4)21(25)20(35-19(32)12-14-28(8)9)22(34-16(2)29)26(27,7)36-24/h10,17,20-22,30,33H,1,11-15H2,2-9H3/t17-,20-,21-,22-,24-,25+,26+,27+/m0/s1. The number of ether oxygens (including phenoxy) is 3. The Balaban J connectivity index is 2.29. The van der Waals surface area contributed by atoms with E-state index in [0.29, 0.717) is 19.4 Å². The van der Waals surface area contributed by atoms with Crippen LogP contribution in [0.25, 0.3) is 0 Å². The Morgan fingerprint density at radius 1 is 1.19 bits per heavy atom. The first-order chi connectivity index (χ1) is 16.4. The number of carbonyl (C=O) groups is 3. The van der Waals surface area contributed by atoms with Crippen molar-refractivity contribution in [1.29, 1.82) is 0 Å². The van der Waals surface area contributed by atoms with Crippen molar-refractivity contribution in [2.45, 2.75) is 102 Å². The molecule has 2 aliphatic carbocycles. The van der Waals surface area contributed by atoms with Crippen molar-refractivity contribution in [3.8, 4) is 0 Å². The summed E-state index contributed by atoms with van der Waals surface area (Å²) in [4.78, 5) is 41.3. The largest absolute Gasteiger partial charge is 0.458 e. The molecule has 204 valence electrons. The van der Waals surface area contributed by atoms with Gasteiger partial charge in [-0.05, 0) is 46.2 Å². The average Bonchev–Trinajstić information content (AvgIpc) is 2.75. The first-order valence-electron chi connectivity index (χ1n) is 12.7. The van der Waals surface area contributed by atoms with Crippen LogP contribution in [0.2, 0.25) is 0 Å². The Kier molecular flexibility index (Phi) is 7.34. The first kappa shape index (κ1) is 28.8.